The van der Waals surface area contributed by atoms with Crippen LogP contribution in [0.15, 0.2) is 30.3 Å². The van der Waals surface area contributed by atoms with Gasteiger partial charge in [0.05, 0.1) is 12.8 Å². The molecule has 0 aliphatic carbocycles. The van der Waals surface area contributed by atoms with Crippen LogP contribution >= 0.6 is 0 Å². The van der Waals surface area contributed by atoms with Gasteiger partial charge < -0.3 is 15.2 Å². The Morgan fingerprint density at radius 3 is 2.50 bits per heavy atom. The van der Waals surface area contributed by atoms with Crippen LogP contribution in [0, 0.1) is 17.5 Å². The van der Waals surface area contributed by atoms with Gasteiger partial charge in [-0.15, -0.1) is 0 Å². The average Bonchev–Trinajstić information content (AvgIpc) is 2.45. The summed E-state index contributed by atoms with van der Waals surface area (Å²) in [6.45, 7) is 0.0534. The van der Waals surface area contributed by atoms with Crippen molar-refractivity contribution >= 4 is 5.69 Å². The van der Waals surface area contributed by atoms with Crippen molar-refractivity contribution in [3.8, 4) is 11.5 Å². The lowest BCUT2D eigenvalue weighted by Crippen LogP contribution is -2.04. The lowest BCUT2D eigenvalue weighted by Gasteiger charge is -2.10. The van der Waals surface area contributed by atoms with E-state index in [-0.39, 0.29) is 18.0 Å². The number of nitrogens with one attached hydrogen (secondary N) is 1. The van der Waals surface area contributed by atoms with Crippen molar-refractivity contribution in [2.75, 3.05) is 12.4 Å². The molecule has 0 aliphatic rings. The number of halogens is 3. The van der Waals surface area contributed by atoms with Gasteiger partial charge in [0, 0.05) is 18.2 Å². The Balaban J connectivity index is 2.15. The Morgan fingerprint density at radius 2 is 1.85 bits per heavy atom. The van der Waals surface area contributed by atoms with E-state index in [1.54, 1.807) is 12.1 Å². The number of aromatic hydroxyl groups is 1. The Bertz CT molecular complexity index is 632. The molecular formula is C14H12F3NO2. The van der Waals surface area contributed by atoms with Gasteiger partial charge in [0.25, 0.3) is 0 Å². The van der Waals surface area contributed by atoms with E-state index in [1.165, 1.54) is 13.2 Å². The molecule has 0 fully saturated rings. The predicted molar refractivity (Wildman–Crippen MR) is 68.3 cm³/mol. The van der Waals surface area contributed by atoms with Crippen LogP contribution in [0.3, 0.4) is 0 Å². The number of ether oxygens (including phenoxy) is 1. The van der Waals surface area contributed by atoms with E-state index in [9.17, 15) is 18.3 Å². The third-order valence-corrected chi connectivity index (χ3v) is 2.80. The van der Waals surface area contributed by atoms with E-state index in [0.29, 0.717) is 11.3 Å². The molecule has 106 valence electrons. The van der Waals surface area contributed by atoms with Crippen LogP contribution in [-0.2, 0) is 6.54 Å². The van der Waals surface area contributed by atoms with Crippen molar-refractivity contribution < 1.29 is 23.0 Å². The Labute approximate surface area is 113 Å². The van der Waals surface area contributed by atoms with Gasteiger partial charge in [-0.25, -0.2) is 13.2 Å². The monoisotopic (exact) mass is 283 g/mol. The summed E-state index contributed by atoms with van der Waals surface area (Å²) in [7, 11) is 1.46. The fourth-order valence-electron chi connectivity index (χ4n) is 1.67. The van der Waals surface area contributed by atoms with Crippen molar-refractivity contribution in [3.05, 3.63) is 53.3 Å². The second kappa shape index (κ2) is 5.73. The van der Waals surface area contributed by atoms with Gasteiger partial charge in [0.2, 0.25) is 0 Å². The number of benzene rings is 2. The molecule has 6 heteroatoms. The smallest absolute Gasteiger partial charge is 0.196 e. The van der Waals surface area contributed by atoms with Gasteiger partial charge in [-0.1, -0.05) is 0 Å². The highest BCUT2D eigenvalue weighted by Gasteiger charge is 2.13. The van der Waals surface area contributed by atoms with E-state index in [2.05, 4.69) is 5.32 Å². The third-order valence-electron chi connectivity index (χ3n) is 2.80. The second-order valence-corrected chi connectivity index (χ2v) is 4.07. The maximum Gasteiger partial charge on any atom is 0.196 e. The van der Waals surface area contributed by atoms with Crippen molar-refractivity contribution in [2.24, 2.45) is 0 Å². The zero-order valence-electron chi connectivity index (χ0n) is 10.6. The molecule has 0 heterocycles. The molecule has 0 aliphatic heterocycles. The van der Waals surface area contributed by atoms with Crippen LogP contribution in [0.25, 0.3) is 0 Å². The largest absolute Gasteiger partial charge is 0.507 e. The molecule has 3 nitrogen and oxygen atoms in total. The SMILES string of the molecule is COc1ccc(CNc2ccc(F)c(F)c2F)c(O)c1. The van der Waals surface area contributed by atoms with Gasteiger partial charge >= 0.3 is 0 Å². The number of phenols is 1. The molecule has 20 heavy (non-hydrogen) atoms. The minimum atomic E-state index is -1.53. The van der Waals surface area contributed by atoms with Crippen molar-refractivity contribution in [1.29, 1.82) is 0 Å². The van der Waals surface area contributed by atoms with Crippen molar-refractivity contribution in [2.45, 2.75) is 6.54 Å². The molecule has 0 atom stereocenters. The highest BCUT2D eigenvalue weighted by atomic mass is 19.2. The summed E-state index contributed by atoms with van der Waals surface area (Å²) in [5.41, 5.74) is 0.286. The zero-order chi connectivity index (χ0) is 14.7. The standard InChI is InChI=1S/C14H12F3NO2/c1-20-9-3-2-8(12(19)6-9)7-18-11-5-4-10(15)13(16)14(11)17/h2-6,18-19H,7H2,1H3. The molecule has 0 aromatic heterocycles. The van der Waals surface area contributed by atoms with Gasteiger partial charge in [-0.05, 0) is 24.3 Å². The zero-order valence-corrected chi connectivity index (χ0v) is 10.6. The van der Waals surface area contributed by atoms with Gasteiger partial charge in [0.1, 0.15) is 11.5 Å². The predicted octanol–water partition coefficient (Wildman–Crippen LogP) is 3.43. The fourth-order valence-corrected chi connectivity index (χ4v) is 1.67. The number of hydrogen-bond donors (Lipinski definition) is 2. The first kappa shape index (κ1) is 14.0. The highest BCUT2D eigenvalue weighted by Crippen LogP contribution is 2.25. The lowest BCUT2D eigenvalue weighted by molar-refractivity contribution is 0.406. The van der Waals surface area contributed by atoms with Crippen LogP contribution in [0.5, 0.6) is 11.5 Å². The minimum absolute atomic E-state index is 0.0418. The molecule has 0 unspecified atom stereocenters. The topological polar surface area (TPSA) is 41.5 Å². The molecule has 2 rings (SSSR count). The number of phenolic OH excluding ortho intramolecular Hbond substituents is 1. The van der Waals surface area contributed by atoms with Crippen LogP contribution in [-0.4, -0.2) is 12.2 Å². The van der Waals surface area contributed by atoms with Crippen molar-refractivity contribution in [3.63, 3.8) is 0 Å². The summed E-state index contributed by atoms with van der Waals surface area (Å²) < 4.78 is 44.2. The molecule has 2 aromatic carbocycles. The number of methoxy groups -OCH3 is 1. The second-order valence-electron chi connectivity index (χ2n) is 4.07. The van der Waals surface area contributed by atoms with E-state index < -0.39 is 17.5 Å². The van der Waals surface area contributed by atoms with E-state index >= 15 is 0 Å². The summed E-state index contributed by atoms with van der Waals surface area (Å²) in [5, 5.41) is 12.3. The molecule has 2 N–H and O–H groups in total. The maximum atomic E-state index is 13.4. The highest BCUT2D eigenvalue weighted by molar-refractivity contribution is 5.48. The first-order valence-electron chi connectivity index (χ1n) is 5.76. The summed E-state index contributed by atoms with van der Waals surface area (Å²) in [6.07, 6.45) is 0. The number of rotatable bonds is 4. The van der Waals surface area contributed by atoms with Crippen LogP contribution in [0.2, 0.25) is 0 Å². The molecule has 0 radical (unpaired) electrons. The first-order chi connectivity index (χ1) is 9.52. The average molecular weight is 283 g/mol. The van der Waals surface area contributed by atoms with E-state index in [4.69, 9.17) is 4.74 Å². The van der Waals surface area contributed by atoms with Crippen LogP contribution in [0.4, 0.5) is 18.9 Å². The Morgan fingerprint density at radius 1 is 1.10 bits per heavy atom. The summed E-state index contributed by atoms with van der Waals surface area (Å²) in [5.74, 6) is -3.64. The summed E-state index contributed by atoms with van der Waals surface area (Å²) in [6, 6.07) is 6.53. The fraction of sp³-hybridized carbons (Fsp3) is 0.143. The summed E-state index contributed by atoms with van der Waals surface area (Å²) >= 11 is 0. The quantitative estimate of drug-likeness (QED) is 0.845. The van der Waals surface area contributed by atoms with Gasteiger partial charge in [-0.2, -0.15) is 0 Å². The van der Waals surface area contributed by atoms with Gasteiger partial charge in [-0.3, -0.25) is 0 Å². The van der Waals surface area contributed by atoms with E-state index in [1.807, 2.05) is 0 Å². The minimum Gasteiger partial charge on any atom is -0.507 e. The molecule has 0 spiro atoms. The van der Waals surface area contributed by atoms with Crippen molar-refractivity contribution in [1.82, 2.24) is 0 Å². The molecular weight excluding hydrogens is 271 g/mol. The first-order valence-corrected chi connectivity index (χ1v) is 5.76. The molecule has 0 bridgehead atoms. The normalized spacial score (nSPS) is 10.4. The Hall–Kier alpha value is -2.37. The molecule has 0 saturated carbocycles. The maximum absolute atomic E-state index is 13.4. The van der Waals surface area contributed by atoms with Crippen LogP contribution in [0.1, 0.15) is 5.56 Å². The number of hydrogen-bond acceptors (Lipinski definition) is 3. The van der Waals surface area contributed by atoms with Gasteiger partial charge in [0.15, 0.2) is 17.5 Å². The lowest BCUT2D eigenvalue weighted by atomic mass is 10.2. The van der Waals surface area contributed by atoms with Crippen LogP contribution < -0.4 is 10.1 Å². The van der Waals surface area contributed by atoms with E-state index in [0.717, 1.165) is 12.1 Å². The summed E-state index contributed by atoms with van der Waals surface area (Å²) in [4.78, 5) is 0. The third kappa shape index (κ3) is 2.79. The molecule has 0 amide bonds. The molecule has 2 aromatic rings. The Kier molecular flexibility index (Phi) is 4.02. The number of anilines is 1. The molecule has 0 saturated heterocycles.